The second-order valence-electron chi connectivity index (χ2n) is 5.42. The highest BCUT2D eigenvalue weighted by molar-refractivity contribution is 5.21. The van der Waals surface area contributed by atoms with Crippen LogP contribution in [-0.2, 0) is 6.42 Å². The van der Waals surface area contributed by atoms with Crippen LogP contribution in [0, 0.1) is 0 Å². The van der Waals surface area contributed by atoms with Gasteiger partial charge in [-0.05, 0) is 49.3 Å². The van der Waals surface area contributed by atoms with Crippen LogP contribution in [0.5, 0.6) is 0 Å². The van der Waals surface area contributed by atoms with Gasteiger partial charge < -0.3 is 5.73 Å². The van der Waals surface area contributed by atoms with Crippen LogP contribution in [0.2, 0.25) is 0 Å². The fourth-order valence-electron chi connectivity index (χ4n) is 2.72. The van der Waals surface area contributed by atoms with Crippen molar-refractivity contribution in [1.29, 1.82) is 0 Å². The molecular weight excluding hydrogens is 242 g/mol. The summed E-state index contributed by atoms with van der Waals surface area (Å²) in [5.41, 5.74) is 8.53. The van der Waals surface area contributed by atoms with Crippen molar-refractivity contribution in [3.63, 3.8) is 0 Å². The van der Waals surface area contributed by atoms with E-state index in [1.54, 1.807) is 0 Å². The Morgan fingerprint density at radius 3 is 2.05 bits per heavy atom. The van der Waals surface area contributed by atoms with E-state index in [9.17, 15) is 0 Å². The van der Waals surface area contributed by atoms with Gasteiger partial charge in [-0.25, -0.2) is 0 Å². The van der Waals surface area contributed by atoms with Gasteiger partial charge >= 0.3 is 0 Å². The molecule has 1 unspecified atom stereocenters. The van der Waals surface area contributed by atoms with Crippen molar-refractivity contribution < 1.29 is 0 Å². The van der Waals surface area contributed by atoms with Crippen LogP contribution in [0.15, 0.2) is 60.7 Å². The quantitative estimate of drug-likeness (QED) is 0.699. The fourth-order valence-corrected chi connectivity index (χ4v) is 2.72. The first-order chi connectivity index (χ1) is 9.90. The van der Waals surface area contributed by atoms with Crippen LogP contribution in [0.1, 0.15) is 42.7 Å². The molecule has 0 amide bonds. The molecule has 106 valence electrons. The van der Waals surface area contributed by atoms with E-state index < -0.39 is 0 Å². The van der Waals surface area contributed by atoms with Gasteiger partial charge in [-0.1, -0.05) is 67.1 Å². The second-order valence-corrected chi connectivity index (χ2v) is 5.42. The molecule has 2 rings (SSSR count). The SMILES string of the molecule is NCCCCC(CCc1ccccc1)c1ccccc1. The number of aryl methyl sites for hydroxylation is 1. The summed E-state index contributed by atoms with van der Waals surface area (Å²) in [7, 11) is 0. The van der Waals surface area contributed by atoms with Gasteiger partial charge in [-0.3, -0.25) is 0 Å². The molecule has 0 aromatic heterocycles. The maximum Gasteiger partial charge on any atom is -0.00773 e. The van der Waals surface area contributed by atoms with Gasteiger partial charge in [0.15, 0.2) is 0 Å². The molecule has 0 saturated carbocycles. The van der Waals surface area contributed by atoms with Crippen LogP contribution in [-0.4, -0.2) is 6.54 Å². The van der Waals surface area contributed by atoms with Gasteiger partial charge in [0.05, 0.1) is 0 Å². The molecule has 20 heavy (non-hydrogen) atoms. The van der Waals surface area contributed by atoms with Gasteiger partial charge in [0.25, 0.3) is 0 Å². The Morgan fingerprint density at radius 1 is 0.750 bits per heavy atom. The van der Waals surface area contributed by atoms with Crippen LogP contribution in [0.25, 0.3) is 0 Å². The Balaban J connectivity index is 1.95. The smallest absolute Gasteiger partial charge is 0.00773 e. The largest absolute Gasteiger partial charge is 0.330 e. The molecule has 0 aliphatic carbocycles. The molecule has 0 spiro atoms. The fraction of sp³-hybridized carbons (Fsp3) is 0.368. The molecule has 0 aliphatic heterocycles. The Bertz CT molecular complexity index is 464. The molecule has 0 saturated heterocycles. The van der Waals surface area contributed by atoms with Crippen molar-refractivity contribution in [1.82, 2.24) is 0 Å². The Morgan fingerprint density at radius 2 is 1.40 bits per heavy atom. The number of hydrogen-bond donors (Lipinski definition) is 1. The number of hydrogen-bond acceptors (Lipinski definition) is 1. The van der Waals surface area contributed by atoms with Gasteiger partial charge in [0.1, 0.15) is 0 Å². The normalized spacial score (nSPS) is 12.2. The number of unbranched alkanes of at least 4 members (excludes halogenated alkanes) is 1. The summed E-state index contributed by atoms with van der Waals surface area (Å²) in [6, 6.07) is 21.7. The monoisotopic (exact) mass is 267 g/mol. The number of benzene rings is 2. The predicted molar refractivity (Wildman–Crippen MR) is 86.9 cm³/mol. The predicted octanol–water partition coefficient (Wildman–Crippen LogP) is 4.53. The second kappa shape index (κ2) is 8.55. The summed E-state index contributed by atoms with van der Waals surface area (Å²) < 4.78 is 0. The van der Waals surface area contributed by atoms with Crippen LogP contribution in [0.4, 0.5) is 0 Å². The van der Waals surface area contributed by atoms with E-state index in [0.717, 1.165) is 19.4 Å². The standard InChI is InChI=1S/C19H25N/c20-16-8-7-13-19(18-11-5-2-6-12-18)15-14-17-9-3-1-4-10-17/h1-6,9-12,19H,7-8,13-16,20H2. The zero-order valence-corrected chi connectivity index (χ0v) is 12.2. The van der Waals surface area contributed by atoms with E-state index in [2.05, 4.69) is 60.7 Å². The third-order valence-electron chi connectivity index (χ3n) is 3.90. The van der Waals surface area contributed by atoms with E-state index in [1.165, 1.54) is 30.4 Å². The molecular formula is C19H25N. The molecule has 2 aromatic rings. The van der Waals surface area contributed by atoms with E-state index in [1.807, 2.05) is 0 Å². The average Bonchev–Trinajstić information content (AvgIpc) is 2.52. The summed E-state index contributed by atoms with van der Waals surface area (Å²) in [5, 5.41) is 0. The third-order valence-corrected chi connectivity index (χ3v) is 3.90. The molecule has 2 N–H and O–H groups in total. The first-order valence-electron chi connectivity index (χ1n) is 7.69. The van der Waals surface area contributed by atoms with Crippen molar-refractivity contribution in [2.75, 3.05) is 6.54 Å². The molecule has 1 atom stereocenters. The molecule has 2 aromatic carbocycles. The van der Waals surface area contributed by atoms with Crippen LogP contribution < -0.4 is 5.73 Å². The lowest BCUT2D eigenvalue weighted by Gasteiger charge is -2.17. The zero-order chi connectivity index (χ0) is 14.0. The summed E-state index contributed by atoms with van der Waals surface area (Å²) in [6.07, 6.45) is 5.98. The van der Waals surface area contributed by atoms with E-state index in [0.29, 0.717) is 5.92 Å². The van der Waals surface area contributed by atoms with Gasteiger partial charge in [-0.2, -0.15) is 0 Å². The Labute approximate surface area is 122 Å². The lowest BCUT2D eigenvalue weighted by Crippen LogP contribution is -2.04. The summed E-state index contributed by atoms with van der Waals surface area (Å²) in [4.78, 5) is 0. The van der Waals surface area contributed by atoms with Crippen molar-refractivity contribution in [3.05, 3.63) is 71.8 Å². The van der Waals surface area contributed by atoms with Crippen molar-refractivity contribution in [3.8, 4) is 0 Å². The van der Waals surface area contributed by atoms with Crippen LogP contribution in [0.3, 0.4) is 0 Å². The maximum atomic E-state index is 5.62. The van der Waals surface area contributed by atoms with Crippen molar-refractivity contribution >= 4 is 0 Å². The van der Waals surface area contributed by atoms with Gasteiger partial charge in [-0.15, -0.1) is 0 Å². The summed E-state index contributed by atoms with van der Waals surface area (Å²) in [6.45, 7) is 0.806. The minimum absolute atomic E-state index is 0.656. The van der Waals surface area contributed by atoms with Gasteiger partial charge in [0, 0.05) is 0 Å². The lowest BCUT2D eigenvalue weighted by atomic mass is 9.88. The molecule has 0 fully saturated rings. The highest BCUT2D eigenvalue weighted by Gasteiger charge is 2.11. The van der Waals surface area contributed by atoms with Gasteiger partial charge in [0.2, 0.25) is 0 Å². The van der Waals surface area contributed by atoms with E-state index in [4.69, 9.17) is 5.73 Å². The summed E-state index contributed by atoms with van der Waals surface area (Å²) in [5.74, 6) is 0.656. The first-order valence-corrected chi connectivity index (χ1v) is 7.69. The van der Waals surface area contributed by atoms with Crippen LogP contribution >= 0.6 is 0 Å². The minimum Gasteiger partial charge on any atom is -0.330 e. The zero-order valence-electron chi connectivity index (χ0n) is 12.2. The highest BCUT2D eigenvalue weighted by Crippen LogP contribution is 2.27. The molecule has 1 nitrogen and oxygen atoms in total. The summed E-state index contributed by atoms with van der Waals surface area (Å²) >= 11 is 0. The van der Waals surface area contributed by atoms with E-state index >= 15 is 0 Å². The average molecular weight is 267 g/mol. The number of rotatable bonds is 8. The molecule has 1 heteroatoms. The van der Waals surface area contributed by atoms with Crippen molar-refractivity contribution in [2.24, 2.45) is 5.73 Å². The Kier molecular flexibility index (Phi) is 6.33. The maximum absolute atomic E-state index is 5.62. The Hall–Kier alpha value is -1.60. The topological polar surface area (TPSA) is 26.0 Å². The molecule has 0 aliphatic rings. The molecule has 0 heterocycles. The third kappa shape index (κ3) is 4.82. The molecule has 0 bridgehead atoms. The molecule has 0 radical (unpaired) electrons. The number of nitrogens with two attached hydrogens (primary N) is 1. The first kappa shape index (κ1) is 14.8. The van der Waals surface area contributed by atoms with E-state index in [-0.39, 0.29) is 0 Å². The van der Waals surface area contributed by atoms with Crippen molar-refractivity contribution in [2.45, 2.75) is 38.0 Å². The lowest BCUT2D eigenvalue weighted by molar-refractivity contribution is 0.540. The highest BCUT2D eigenvalue weighted by atomic mass is 14.5. The minimum atomic E-state index is 0.656.